The van der Waals surface area contributed by atoms with Crippen molar-refractivity contribution in [2.45, 2.75) is 13.5 Å². The van der Waals surface area contributed by atoms with E-state index in [0.717, 1.165) is 0 Å². The molecule has 0 spiro atoms. The molecule has 3 rings (SSSR count). The number of hydrogen-bond donors (Lipinski definition) is 2. The molecule has 92 valence electrons. The molecule has 7 nitrogen and oxygen atoms in total. The Morgan fingerprint density at radius 3 is 2.94 bits per heavy atom. The largest absolute Gasteiger partial charge is 0.423 e. The van der Waals surface area contributed by atoms with Crippen LogP contribution in [0.2, 0.25) is 0 Å². The van der Waals surface area contributed by atoms with Crippen LogP contribution < -0.4 is 11.1 Å². The summed E-state index contributed by atoms with van der Waals surface area (Å²) in [5, 5.41) is 6.65. The average Bonchev–Trinajstić information content (AvgIpc) is 2.93. The molecule has 0 unspecified atom stereocenters. The Hall–Kier alpha value is -2.57. The highest BCUT2D eigenvalue weighted by molar-refractivity contribution is 5.86. The van der Waals surface area contributed by atoms with Crippen molar-refractivity contribution in [3.05, 3.63) is 29.9 Å². The van der Waals surface area contributed by atoms with Crippen LogP contribution in [0.3, 0.4) is 0 Å². The number of anilines is 2. The third kappa shape index (κ3) is 1.86. The first-order valence-corrected chi connectivity index (χ1v) is 5.40. The summed E-state index contributed by atoms with van der Waals surface area (Å²) in [5.74, 6) is 1.07. The lowest BCUT2D eigenvalue weighted by Gasteiger charge is -1.94. The summed E-state index contributed by atoms with van der Waals surface area (Å²) in [7, 11) is 0. The van der Waals surface area contributed by atoms with E-state index >= 15 is 0 Å². The summed E-state index contributed by atoms with van der Waals surface area (Å²) >= 11 is 0. The molecule has 3 aromatic rings. The number of nitrogens with zero attached hydrogens (tertiary/aromatic N) is 3. The molecule has 2 heterocycles. The molecule has 0 bridgehead atoms. The van der Waals surface area contributed by atoms with Crippen LogP contribution >= 0.6 is 0 Å². The minimum absolute atomic E-state index is 0.355. The summed E-state index contributed by atoms with van der Waals surface area (Å²) in [6, 6.07) is 5.77. The van der Waals surface area contributed by atoms with Crippen LogP contribution in [-0.2, 0) is 6.54 Å². The smallest absolute Gasteiger partial charge is 0.296 e. The van der Waals surface area contributed by atoms with Crippen molar-refractivity contribution < 1.29 is 8.94 Å². The van der Waals surface area contributed by atoms with Gasteiger partial charge in [0.2, 0.25) is 5.89 Å². The van der Waals surface area contributed by atoms with E-state index in [-0.39, 0.29) is 0 Å². The van der Waals surface area contributed by atoms with Crippen molar-refractivity contribution in [2.75, 3.05) is 11.1 Å². The van der Waals surface area contributed by atoms with Gasteiger partial charge in [0, 0.05) is 0 Å². The molecule has 0 aliphatic carbocycles. The first-order valence-electron chi connectivity index (χ1n) is 5.40. The average molecular weight is 245 g/mol. The van der Waals surface area contributed by atoms with Crippen LogP contribution in [-0.4, -0.2) is 15.1 Å². The van der Waals surface area contributed by atoms with Gasteiger partial charge < -0.3 is 20.0 Å². The molecule has 3 N–H and O–H groups in total. The van der Waals surface area contributed by atoms with Gasteiger partial charge in [0.25, 0.3) is 6.01 Å². The van der Waals surface area contributed by atoms with Gasteiger partial charge in [0.15, 0.2) is 11.4 Å². The number of aryl methyl sites for hydroxylation is 1. The van der Waals surface area contributed by atoms with Crippen molar-refractivity contribution in [3.63, 3.8) is 0 Å². The molecular formula is C11H11N5O2. The lowest BCUT2D eigenvalue weighted by atomic mass is 10.3. The Kier molecular flexibility index (Phi) is 2.36. The Bertz CT molecular complexity index is 688. The predicted molar refractivity (Wildman–Crippen MR) is 64.8 cm³/mol. The molecule has 0 radical (unpaired) electrons. The van der Waals surface area contributed by atoms with E-state index < -0.39 is 0 Å². The van der Waals surface area contributed by atoms with Crippen LogP contribution in [0.5, 0.6) is 0 Å². The quantitative estimate of drug-likeness (QED) is 0.677. The zero-order valence-electron chi connectivity index (χ0n) is 9.67. The highest BCUT2D eigenvalue weighted by Gasteiger charge is 2.09. The number of nitrogens with two attached hydrogens (primary N) is 1. The molecular weight excluding hydrogens is 234 g/mol. The van der Waals surface area contributed by atoms with Crippen LogP contribution in [0, 0.1) is 6.92 Å². The Morgan fingerprint density at radius 2 is 2.22 bits per heavy atom. The SMILES string of the molecule is Cc1noc(CNc2nc3c(N)cccc3o2)n1. The molecule has 0 aliphatic rings. The van der Waals surface area contributed by atoms with Crippen molar-refractivity contribution >= 4 is 22.8 Å². The number of hydrogen-bond acceptors (Lipinski definition) is 7. The molecule has 0 aliphatic heterocycles. The zero-order chi connectivity index (χ0) is 12.5. The fraction of sp³-hybridized carbons (Fsp3) is 0.182. The minimum atomic E-state index is 0.355. The highest BCUT2D eigenvalue weighted by atomic mass is 16.5. The number of benzene rings is 1. The fourth-order valence-corrected chi connectivity index (χ4v) is 1.61. The van der Waals surface area contributed by atoms with Gasteiger partial charge in [0.1, 0.15) is 5.52 Å². The van der Waals surface area contributed by atoms with Gasteiger partial charge in [-0.1, -0.05) is 11.2 Å². The summed E-state index contributed by atoms with van der Waals surface area (Å²) < 4.78 is 10.5. The monoisotopic (exact) mass is 245 g/mol. The zero-order valence-corrected chi connectivity index (χ0v) is 9.67. The van der Waals surface area contributed by atoms with Gasteiger partial charge in [-0.25, -0.2) is 0 Å². The van der Waals surface area contributed by atoms with E-state index in [1.807, 2.05) is 6.07 Å². The summed E-state index contributed by atoms with van der Waals surface area (Å²) in [6.07, 6.45) is 0. The maximum atomic E-state index is 5.79. The first kappa shape index (κ1) is 10.6. The van der Waals surface area contributed by atoms with Crippen LogP contribution in [0.15, 0.2) is 27.1 Å². The molecule has 2 aromatic heterocycles. The topological polar surface area (TPSA) is 103 Å². The highest BCUT2D eigenvalue weighted by Crippen LogP contribution is 2.23. The molecule has 1 aromatic carbocycles. The number of rotatable bonds is 3. The van der Waals surface area contributed by atoms with Gasteiger partial charge in [-0.15, -0.1) is 0 Å². The van der Waals surface area contributed by atoms with E-state index in [1.165, 1.54) is 0 Å². The number of nitrogens with one attached hydrogen (secondary N) is 1. The molecule has 0 atom stereocenters. The summed E-state index contributed by atoms with van der Waals surface area (Å²) in [5.41, 5.74) is 7.65. The molecule has 0 saturated carbocycles. The molecule has 7 heteroatoms. The Morgan fingerprint density at radius 1 is 1.33 bits per heavy atom. The van der Waals surface area contributed by atoms with Gasteiger partial charge in [-0.2, -0.15) is 9.97 Å². The molecule has 18 heavy (non-hydrogen) atoms. The summed E-state index contributed by atoms with van der Waals surface area (Å²) in [6.45, 7) is 2.11. The standard InChI is InChI=1S/C11H11N5O2/c1-6-14-9(18-16-6)5-13-11-15-10-7(12)3-2-4-8(10)17-11/h2-4H,5,12H2,1H3,(H,13,15). The number of fused-ring (bicyclic) bond motifs is 1. The van der Waals surface area contributed by atoms with Crippen molar-refractivity contribution in [2.24, 2.45) is 0 Å². The minimum Gasteiger partial charge on any atom is -0.423 e. The normalized spacial score (nSPS) is 10.9. The number of oxazole rings is 1. The van der Waals surface area contributed by atoms with Gasteiger partial charge in [-0.05, 0) is 19.1 Å². The second kappa shape index (κ2) is 4.02. The van der Waals surface area contributed by atoms with E-state index in [9.17, 15) is 0 Å². The maximum absolute atomic E-state index is 5.79. The van der Waals surface area contributed by atoms with E-state index in [0.29, 0.717) is 41.1 Å². The lowest BCUT2D eigenvalue weighted by molar-refractivity contribution is 0.378. The third-order valence-corrected chi connectivity index (χ3v) is 2.41. The van der Waals surface area contributed by atoms with Crippen LogP contribution in [0.4, 0.5) is 11.7 Å². The maximum Gasteiger partial charge on any atom is 0.296 e. The fourth-order valence-electron chi connectivity index (χ4n) is 1.61. The third-order valence-electron chi connectivity index (χ3n) is 2.41. The number of nitrogen functional groups attached to an aromatic ring is 1. The second-order valence-electron chi connectivity index (χ2n) is 3.80. The second-order valence-corrected chi connectivity index (χ2v) is 3.80. The molecule has 0 saturated heterocycles. The van der Waals surface area contributed by atoms with Gasteiger partial charge in [-0.3, -0.25) is 0 Å². The van der Waals surface area contributed by atoms with E-state index in [4.69, 9.17) is 14.7 Å². The summed E-state index contributed by atoms with van der Waals surface area (Å²) in [4.78, 5) is 8.30. The Labute approximate surface area is 102 Å². The van der Waals surface area contributed by atoms with Gasteiger partial charge >= 0.3 is 0 Å². The molecule has 0 fully saturated rings. The van der Waals surface area contributed by atoms with Crippen LogP contribution in [0.25, 0.3) is 11.1 Å². The number of para-hydroxylation sites is 1. The molecule has 0 amide bonds. The first-order chi connectivity index (χ1) is 8.72. The predicted octanol–water partition coefficient (Wildman–Crippen LogP) is 1.71. The van der Waals surface area contributed by atoms with E-state index in [2.05, 4.69) is 20.4 Å². The van der Waals surface area contributed by atoms with Crippen molar-refractivity contribution in [1.82, 2.24) is 15.1 Å². The van der Waals surface area contributed by atoms with Crippen molar-refractivity contribution in [3.8, 4) is 0 Å². The van der Waals surface area contributed by atoms with E-state index in [1.54, 1.807) is 19.1 Å². The van der Waals surface area contributed by atoms with Gasteiger partial charge in [0.05, 0.1) is 12.2 Å². The van der Waals surface area contributed by atoms with Crippen LogP contribution in [0.1, 0.15) is 11.7 Å². The van der Waals surface area contributed by atoms with Crippen molar-refractivity contribution in [1.29, 1.82) is 0 Å². The lowest BCUT2D eigenvalue weighted by Crippen LogP contribution is -1.99. The number of aromatic nitrogens is 3. The Balaban J connectivity index is 1.81.